The molecule has 1 aromatic heterocycles. The van der Waals surface area contributed by atoms with Gasteiger partial charge < -0.3 is 5.32 Å². The van der Waals surface area contributed by atoms with Gasteiger partial charge in [-0.05, 0) is 43.5 Å². The van der Waals surface area contributed by atoms with Crippen LogP contribution in [0.3, 0.4) is 0 Å². The maximum Gasteiger partial charge on any atom is 0.0939 e. The lowest BCUT2D eigenvalue weighted by molar-refractivity contribution is 0.548. The van der Waals surface area contributed by atoms with Crippen LogP contribution in [0.25, 0.3) is 23.1 Å². The summed E-state index contributed by atoms with van der Waals surface area (Å²) in [7, 11) is 0. The molecule has 0 amide bonds. The third-order valence-corrected chi connectivity index (χ3v) is 4.42. The summed E-state index contributed by atoms with van der Waals surface area (Å²) in [4.78, 5) is 4.62. The third-order valence-electron chi connectivity index (χ3n) is 4.42. The Morgan fingerprint density at radius 2 is 1.75 bits per heavy atom. The van der Waals surface area contributed by atoms with Gasteiger partial charge >= 0.3 is 0 Å². The minimum Gasteiger partial charge on any atom is -0.378 e. The number of pyridine rings is 1. The molecule has 0 unspecified atom stereocenters. The molecule has 0 fully saturated rings. The molecular weight excluding hydrogens is 292 g/mol. The monoisotopic (exact) mass is 316 g/mol. The van der Waals surface area contributed by atoms with E-state index in [4.69, 9.17) is 0 Å². The van der Waals surface area contributed by atoms with Crippen LogP contribution in [0.2, 0.25) is 0 Å². The fraction of sp³-hybridized carbons (Fsp3) is 0.227. The van der Waals surface area contributed by atoms with Gasteiger partial charge in [0.1, 0.15) is 0 Å². The zero-order valence-corrected chi connectivity index (χ0v) is 14.6. The van der Waals surface area contributed by atoms with Crippen LogP contribution in [0, 0.1) is 0 Å². The predicted octanol–water partition coefficient (Wildman–Crippen LogP) is 6.01. The lowest BCUT2D eigenvalue weighted by atomic mass is 10.00. The first-order valence-electron chi connectivity index (χ1n) is 8.48. The van der Waals surface area contributed by atoms with Crippen molar-refractivity contribution in [2.45, 2.75) is 32.7 Å². The van der Waals surface area contributed by atoms with Gasteiger partial charge in [-0.2, -0.15) is 0 Å². The molecule has 1 heterocycles. The number of hydrogen-bond acceptors (Lipinski definition) is 2. The highest BCUT2D eigenvalue weighted by molar-refractivity contribution is 5.97. The average Bonchev–Trinajstić information content (AvgIpc) is 2.62. The lowest BCUT2D eigenvalue weighted by Crippen LogP contribution is -2.29. The molecule has 3 rings (SSSR count). The average molecular weight is 316 g/mol. The molecule has 122 valence electrons. The Hall–Kier alpha value is -2.61. The number of aromatic nitrogens is 1. The predicted molar refractivity (Wildman–Crippen MR) is 105 cm³/mol. The maximum absolute atomic E-state index is 4.62. The van der Waals surface area contributed by atoms with Crippen molar-refractivity contribution in [3.05, 3.63) is 71.9 Å². The largest absolute Gasteiger partial charge is 0.378 e. The second-order valence-corrected chi connectivity index (χ2v) is 6.71. The van der Waals surface area contributed by atoms with Crippen molar-refractivity contribution < 1.29 is 0 Å². The van der Waals surface area contributed by atoms with Crippen molar-refractivity contribution >= 4 is 28.7 Å². The van der Waals surface area contributed by atoms with Crippen LogP contribution in [0.1, 0.15) is 38.3 Å². The zero-order chi connectivity index (χ0) is 17.0. The van der Waals surface area contributed by atoms with Gasteiger partial charge in [-0.1, -0.05) is 61.5 Å². The van der Waals surface area contributed by atoms with Crippen LogP contribution in [0.15, 0.2) is 60.8 Å². The van der Waals surface area contributed by atoms with Gasteiger partial charge in [-0.15, -0.1) is 0 Å². The summed E-state index contributed by atoms with van der Waals surface area (Å²) in [6.45, 7) is 6.62. The summed E-state index contributed by atoms with van der Waals surface area (Å²) >= 11 is 0. The number of nitrogens with zero attached hydrogens (tertiary/aromatic N) is 1. The molecule has 0 bridgehead atoms. The topological polar surface area (TPSA) is 24.9 Å². The summed E-state index contributed by atoms with van der Waals surface area (Å²) in [6, 6.07) is 18.8. The van der Waals surface area contributed by atoms with E-state index in [2.05, 4.69) is 85.7 Å². The summed E-state index contributed by atoms with van der Waals surface area (Å²) in [6.07, 6.45) is 7.22. The minimum atomic E-state index is 0.0475. The van der Waals surface area contributed by atoms with Gasteiger partial charge in [0.05, 0.1) is 11.2 Å². The van der Waals surface area contributed by atoms with Crippen molar-refractivity contribution in [2.75, 3.05) is 5.32 Å². The number of nitrogens with one attached hydrogen (secondary N) is 1. The molecule has 0 aliphatic carbocycles. The molecule has 2 heteroatoms. The Morgan fingerprint density at radius 1 is 0.958 bits per heavy atom. The SMILES string of the molecule is CCC(C)(C)Nc1ccc(C=Cc2ccccc2)c2cccnc12. The summed E-state index contributed by atoms with van der Waals surface area (Å²) < 4.78 is 0. The van der Waals surface area contributed by atoms with Gasteiger partial charge in [-0.25, -0.2) is 0 Å². The first-order valence-corrected chi connectivity index (χ1v) is 8.48. The highest BCUT2D eigenvalue weighted by Gasteiger charge is 2.16. The number of fused-ring (bicyclic) bond motifs is 1. The van der Waals surface area contributed by atoms with Gasteiger partial charge in [0.25, 0.3) is 0 Å². The minimum absolute atomic E-state index is 0.0475. The van der Waals surface area contributed by atoms with Gasteiger partial charge in [-0.3, -0.25) is 4.98 Å². The Kier molecular flexibility index (Phi) is 4.66. The van der Waals surface area contributed by atoms with E-state index < -0.39 is 0 Å². The van der Waals surface area contributed by atoms with E-state index in [0.29, 0.717) is 0 Å². The van der Waals surface area contributed by atoms with Crippen LogP contribution in [0.4, 0.5) is 5.69 Å². The fourth-order valence-corrected chi connectivity index (χ4v) is 2.64. The van der Waals surface area contributed by atoms with Gasteiger partial charge in [0.15, 0.2) is 0 Å². The third kappa shape index (κ3) is 3.65. The molecule has 0 spiro atoms. The molecule has 1 N–H and O–H groups in total. The Bertz CT molecular complexity index is 848. The zero-order valence-electron chi connectivity index (χ0n) is 14.6. The molecule has 0 atom stereocenters. The standard InChI is InChI=1S/C22H24N2/c1-4-22(2,3)24-20-15-14-18(19-11-8-16-23-21(19)20)13-12-17-9-6-5-7-10-17/h5-16,24H,4H2,1-3H3. The molecule has 24 heavy (non-hydrogen) atoms. The van der Waals surface area contributed by atoms with Crippen molar-refractivity contribution in [2.24, 2.45) is 0 Å². The van der Waals surface area contributed by atoms with Crippen LogP contribution in [-0.4, -0.2) is 10.5 Å². The molecule has 0 aliphatic heterocycles. The molecule has 0 saturated carbocycles. The second kappa shape index (κ2) is 6.88. The number of anilines is 1. The normalized spacial score (nSPS) is 12.0. The lowest BCUT2D eigenvalue weighted by Gasteiger charge is -2.26. The van der Waals surface area contributed by atoms with E-state index in [0.717, 1.165) is 17.6 Å². The maximum atomic E-state index is 4.62. The second-order valence-electron chi connectivity index (χ2n) is 6.71. The fourth-order valence-electron chi connectivity index (χ4n) is 2.64. The van der Waals surface area contributed by atoms with E-state index in [1.165, 1.54) is 16.5 Å². The molecule has 2 aromatic carbocycles. The van der Waals surface area contributed by atoms with Crippen molar-refractivity contribution in [1.82, 2.24) is 4.98 Å². The summed E-state index contributed by atoms with van der Waals surface area (Å²) in [5.74, 6) is 0. The Morgan fingerprint density at radius 3 is 2.50 bits per heavy atom. The summed E-state index contributed by atoms with van der Waals surface area (Å²) in [5.41, 5.74) is 4.54. The van der Waals surface area contributed by atoms with Crippen LogP contribution < -0.4 is 5.32 Å². The molecular formula is C22H24N2. The van der Waals surface area contributed by atoms with Crippen molar-refractivity contribution in [3.63, 3.8) is 0 Å². The molecule has 0 saturated heterocycles. The van der Waals surface area contributed by atoms with Gasteiger partial charge in [0, 0.05) is 17.1 Å². The van der Waals surface area contributed by atoms with E-state index in [-0.39, 0.29) is 5.54 Å². The molecule has 0 aliphatic rings. The van der Waals surface area contributed by atoms with E-state index >= 15 is 0 Å². The van der Waals surface area contributed by atoms with E-state index in [1.54, 1.807) is 0 Å². The Labute approximate surface area is 144 Å². The van der Waals surface area contributed by atoms with Crippen LogP contribution in [0.5, 0.6) is 0 Å². The molecule has 2 nitrogen and oxygen atoms in total. The number of benzene rings is 2. The first kappa shape index (κ1) is 16.3. The highest BCUT2D eigenvalue weighted by Crippen LogP contribution is 2.29. The van der Waals surface area contributed by atoms with E-state index in [9.17, 15) is 0 Å². The quantitative estimate of drug-likeness (QED) is 0.583. The molecule has 0 radical (unpaired) electrons. The van der Waals surface area contributed by atoms with Crippen LogP contribution in [-0.2, 0) is 0 Å². The van der Waals surface area contributed by atoms with Crippen LogP contribution >= 0.6 is 0 Å². The Balaban J connectivity index is 2.01. The number of hydrogen-bond donors (Lipinski definition) is 1. The van der Waals surface area contributed by atoms with Crippen molar-refractivity contribution in [3.8, 4) is 0 Å². The van der Waals surface area contributed by atoms with Crippen molar-refractivity contribution in [1.29, 1.82) is 0 Å². The van der Waals surface area contributed by atoms with Gasteiger partial charge in [0.2, 0.25) is 0 Å². The summed E-state index contributed by atoms with van der Waals surface area (Å²) in [5, 5.41) is 4.79. The highest BCUT2D eigenvalue weighted by atomic mass is 15.0. The van der Waals surface area contributed by atoms with E-state index in [1.807, 2.05) is 18.3 Å². The smallest absolute Gasteiger partial charge is 0.0939 e. The number of rotatable bonds is 5. The first-order chi connectivity index (χ1) is 11.6. The molecule has 3 aromatic rings.